The van der Waals surface area contributed by atoms with Crippen LogP contribution in [0.5, 0.6) is 0 Å². The van der Waals surface area contributed by atoms with Crippen molar-refractivity contribution < 1.29 is 4.79 Å². The van der Waals surface area contributed by atoms with Crippen LogP contribution in [0.2, 0.25) is 5.02 Å². The zero-order valence-electron chi connectivity index (χ0n) is 15.5. The van der Waals surface area contributed by atoms with E-state index < -0.39 is 0 Å². The van der Waals surface area contributed by atoms with E-state index in [0.29, 0.717) is 17.3 Å². The fraction of sp³-hybridized carbons (Fsp3) is 0.381. The zero-order chi connectivity index (χ0) is 18.9. The Labute approximate surface area is 166 Å². The number of nitrogens with zero attached hydrogens (tertiary/aromatic N) is 2. The fourth-order valence-electron chi connectivity index (χ4n) is 3.25. The molecule has 1 heterocycles. The molecule has 144 valence electrons. The summed E-state index contributed by atoms with van der Waals surface area (Å²) in [6.07, 6.45) is 0.939. The van der Waals surface area contributed by atoms with Gasteiger partial charge in [0, 0.05) is 39.3 Å². The van der Waals surface area contributed by atoms with Gasteiger partial charge in [0.05, 0.1) is 10.7 Å². The van der Waals surface area contributed by atoms with Crippen LogP contribution < -0.4 is 10.6 Å². The number of hydrogen-bond acceptors (Lipinski definition) is 3. The van der Waals surface area contributed by atoms with Crippen LogP contribution in [-0.4, -0.2) is 55.1 Å². The molecule has 0 aliphatic carbocycles. The first kappa shape index (κ1) is 19.7. The van der Waals surface area contributed by atoms with Crippen molar-refractivity contribution in [2.24, 2.45) is 0 Å². The van der Waals surface area contributed by atoms with Gasteiger partial charge in [-0.25, -0.2) is 4.79 Å². The maximum absolute atomic E-state index is 11.9. The summed E-state index contributed by atoms with van der Waals surface area (Å²) < 4.78 is 0. The van der Waals surface area contributed by atoms with E-state index in [1.807, 2.05) is 12.1 Å². The minimum Gasteiger partial charge on any atom is -0.338 e. The first-order chi connectivity index (χ1) is 13.2. The Kier molecular flexibility index (Phi) is 7.51. The van der Waals surface area contributed by atoms with E-state index in [-0.39, 0.29) is 6.03 Å². The molecule has 2 amide bonds. The van der Waals surface area contributed by atoms with Crippen LogP contribution in [-0.2, 0) is 6.54 Å². The lowest BCUT2D eigenvalue weighted by Crippen LogP contribution is -2.46. The third-order valence-corrected chi connectivity index (χ3v) is 5.10. The molecular formula is C21H27ClN4O. The maximum atomic E-state index is 11.9. The van der Waals surface area contributed by atoms with E-state index in [1.165, 1.54) is 5.56 Å². The van der Waals surface area contributed by atoms with Gasteiger partial charge in [0.25, 0.3) is 0 Å². The molecule has 6 heteroatoms. The monoisotopic (exact) mass is 386 g/mol. The molecule has 0 atom stereocenters. The molecule has 3 rings (SSSR count). The second-order valence-corrected chi connectivity index (χ2v) is 7.22. The number of rotatable bonds is 7. The smallest absolute Gasteiger partial charge is 0.319 e. The quantitative estimate of drug-likeness (QED) is 0.714. The average molecular weight is 387 g/mol. The van der Waals surface area contributed by atoms with Crippen molar-refractivity contribution in [1.82, 2.24) is 15.1 Å². The molecule has 1 aliphatic heterocycles. The highest BCUT2D eigenvalue weighted by Crippen LogP contribution is 2.20. The van der Waals surface area contributed by atoms with Crippen LogP contribution in [0.4, 0.5) is 10.5 Å². The standard InChI is InChI=1S/C21H27ClN4O/c22-19-9-4-5-10-20(19)24-21(27)23-11-6-12-25-13-15-26(16-14-25)17-18-7-2-1-3-8-18/h1-5,7-10H,6,11-17H2,(H2,23,24,27). The van der Waals surface area contributed by atoms with Crippen molar-refractivity contribution in [3.05, 3.63) is 65.2 Å². The molecule has 0 unspecified atom stereocenters. The molecule has 5 nitrogen and oxygen atoms in total. The number of anilines is 1. The Morgan fingerprint density at radius 3 is 2.33 bits per heavy atom. The minimum absolute atomic E-state index is 0.212. The summed E-state index contributed by atoms with van der Waals surface area (Å²) in [5.74, 6) is 0. The highest BCUT2D eigenvalue weighted by molar-refractivity contribution is 6.33. The summed E-state index contributed by atoms with van der Waals surface area (Å²) in [6, 6.07) is 17.6. The molecule has 0 bridgehead atoms. The van der Waals surface area contributed by atoms with E-state index in [1.54, 1.807) is 12.1 Å². The first-order valence-corrected chi connectivity index (χ1v) is 9.86. The highest BCUT2D eigenvalue weighted by Gasteiger charge is 2.16. The Balaban J connectivity index is 1.28. The maximum Gasteiger partial charge on any atom is 0.319 e. The largest absolute Gasteiger partial charge is 0.338 e. The van der Waals surface area contributed by atoms with Crippen LogP contribution in [0.25, 0.3) is 0 Å². The highest BCUT2D eigenvalue weighted by atomic mass is 35.5. The van der Waals surface area contributed by atoms with Crippen LogP contribution in [0.1, 0.15) is 12.0 Å². The molecule has 1 fully saturated rings. The number of urea groups is 1. The molecular weight excluding hydrogens is 360 g/mol. The molecule has 1 saturated heterocycles. The lowest BCUT2D eigenvalue weighted by molar-refractivity contribution is 0.126. The summed E-state index contributed by atoms with van der Waals surface area (Å²) in [7, 11) is 0. The second kappa shape index (κ2) is 10.3. The predicted molar refractivity (Wildman–Crippen MR) is 111 cm³/mol. The lowest BCUT2D eigenvalue weighted by atomic mass is 10.2. The fourth-order valence-corrected chi connectivity index (χ4v) is 3.43. The SMILES string of the molecule is O=C(NCCCN1CCN(Cc2ccccc2)CC1)Nc1ccccc1Cl. The number of piperazine rings is 1. The number of halogens is 1. The van der Waals surface area contributed by atoms with Crippen molar-refractivity contribution in [3.63, 3.8) is 0 Å². The van der Waals surface area contributed by atoms with E-state index in [2.05, 4.69) is 50.8 Å². The van der Waals surface area contributed by atoms with Crippen molar-refractivity contribution in [2.45, 2.75) is 13.0 Å². The molecule has 0 radical (unpaired) electrons. The van der Waals surface area contributed by atoms with Gasteiger partial charge < -0.3 is 15.5 Å². The van der Waals surface area contributed by atoms with Crippen LogP contribution in [0.15, 0.2) is 54.6 Å². The summed E-state index contributed by atoms with van der Waals surface area (Å²) in [6.45, 7) is 7.03. The van der Waals surface area contributed by atoms with Gasteiger partial charge in [0.1, 0.15) is 0 Å². The average Bonchev–Trinajstić information content (AvgIpc) is 2.69. The number of carbonyl (C=O) groups excluding carboxylic acids is 1. The Morgan fingerprint density at radius 2 is 1.59 bits per heavy atom. The van der Waals surface area contributed by atoms with Gasteiger partial charge in [-0.05, 0) is 30.7 Å². The molecule has 2 aromatic rings. The Morgan fingerprint density at radius 1 is 0.926 bits per heavy atom. The Hall–Kier alpha value is -2.08. The van der Waals surface area contributed by atoms with E-state index in [4.69, 9.17) is 11.6 Å². The van der Waals surface area contributed by atoms with Crippen molar-refractivity contribution in [1.29, 1.82) is 0 Å². The Bertz CT molecular complexity index is 717. The summed E-state index contributed by atoms with van der Waals surface area (Å²) in [5, 5.41) is 6.21. The van der Waals surface area contributed by atoms with Gasteiger partial charge in [-0.15, -0.1) is 0 Å². The zero-order valence-corrected chi connectivity index (χ0v) is 16.3. The van der Waals surface area contributed by atoms with Crippen molar-refractivity contribution >= 4 is 23.3 Å². The van der Waals surface area contributed by atoms with Gasteiger partial charge in [-0.3, -0.25) is 4.90 Å². The van der Waals surface area contributed by atoms with E-state index in [9.17, 15) is 4.79 Å². The van der Waals surface area contributed by atoms with Gasteiger partial charge in [-0.1, -0.05) is 54.1 Å². The van der Waals surface area contributed by atoms with Crippen molar-refractivity contribution in [3.8, 4) is 0 Å². The normalized spacial score (nSPS) is 15.4. The second-order valence-electron chi connectivity index (χ2n) is 6.82. The predicted octanol–water partition coefficient (Wildman–Crippen LogP) is 3.67. The number of para-hydroxylation sites is 1. The van der Waals surface area contributed by atoms with Gasteiger partial charge in [0.15, 0.2) is 0 Å². The summed E-state index contributed by atoms with van der Waals surface area (Å²) >= 11 is 6.04. The van der Waals surface area contributed by atoms with E-state index in [0.717, 1.165) is 45.7 Å². The third-order valence-electron chi connectivity index (χ3n) is 4.77. The summed E-state index contributed by atoms with van der Waals surface area (Å²) in [5.41, 5.74) is 2.01. The lowest BCUT2D eigenvalue weighted by Gasteiger charge is -2.34. The summed E-state index contributed by atoms with van der Waals surface area (Å²) in [4.78, 5) is 16.9. The third kappa shape index (κ3) is 6.54. The number of hydrogen-bond donors (Lipinski definition) is 2. The van der Waals surface area contributed by atoms with Gasteiger partial charge >= 0.3 is 6.03 Å². The van der Waals surface area contributed by atoms with Crippen LogP contribution in [0.3, 0.4) is 0 Å². The van der Waals surface area contributed by atoms with E-state index >= 15 is 0 Å². The first-order valence-electron chi connectivity index (χ1n) is 9.49. The van der Waals surface area contributed by atoms with Crippen LogP contribution >= 0.6 is 11.6 Å². The van der Waals surface area contributed by atoms with Gasteiger partial charge in [-0.2, -0.15) is 0 Å². The number of carbonyl (C=O) groups is 1. The molecule has 1 aliphatic rings. The minimum atomic E-state index is -0.212. The number of nitrogens with one attached hydrogen (secondary N) is 2. The molecule has 0 saturated carbocycles. The molecule has 27 heavy (non-hydrogen) atoms. The van der Waals surface area contributed by atoms with Crippen LogP contribution in [0, 0.1) is 0 Å². The molecule has 0 spiro atoms. The van der Waals surface area contributed by atoms with Gasteiger partial charge in [0.2, 0.25) is 0 Å². The topological polar surface area (TPSA) is 47.6 Å². The molecule has 0 aromatic heterocycles. The van der Waals surface area contributed by atoms with Crippen molar-refractivity contribution in [2.75, 3.05) is 44.6 Å². The number of amides is 2. The number of benzene rings is 2. The molecule has 2 N–H and O–H groups in total. The molecule has 2 aromatic carbocycles.